The third kappa shape index (κ3) is 2.80. The van der Waals surface area contributed by atoms with E-state index in [2.05, 4.69) is 10.2 Å². The fraction of sp³-hybridized carbons (Fsp3) is 0.471. The van der Waals surface area contributed by atoms with Gasteiger partial charge in [0, 0.05) is 29.8 Å². The Bertz CT molecular complexity index is 808. The summed E-state index contributed by atoms with van der Waals surface area (Å²) in [6, 6.07) is 5.19. The second kappa shape index (κ2) is 6.18. The zero-order valence-electron chi connectivity index (χ0n) is 13.5. The maximum absolute atomic E-state index is 12.8. The smallest absolute Gasteiger partial charge is 0.314 e. The van der Waals surface area contributed by atoms with Gasteiger partial charge < -0.3 is 15.1 Å². The van der Waals surface area contributed by atoms with Crippen LogP contribution in [0.5, 0.6) is 0 Å². The van der Waals surface area contributed by atoms with Crippen LogP contribution in [-0.2, 0) is 6.54 Å². The number of rotatable bonds is 3. The molecular weight excluding hydrogens is 330 g/mol. The summed E-state index contributed by atoms with van der Waals surface area (Å²) in [6.45, 7) is 0.527. The van der Waals surface area contributed by atoms with E-state index in [4.69, 9.17) is 10.2 Å². The number of fused-ring (bicyclic) bond motifs is 1. The standard InChI is InChI=1S/C17H18F2N4O2/c18-14(19)16-22-21-15(25-16)9-5-6-10-8-23(17(24)11(10)7-9)13-4-2-1-3-12(13)20/h5-7,12-14H,1-4,8,20H2/t12-,13+/m0/s1. The number of nitrogens with two attached hydrogens (primary N) is 1. The van der Waals surface area contributed by atoms with Crippen molar-refractivity contribution in [2.75, 3.05) is 0 Å². The molecule has 132 valence electrons. The van der Waals surface area contributed by atoms with Crippen LogP contribution < -0.4 is 5.73 Å². The van der Waals surface area contributed by atoms with Crippen LogP contribution in [0.4, 0.5) is 8.78 Å². The zero-order valence-corrected chi connectivity index (χ0v) is 13.5. The molecule has 2 heterocycles. The average molecular weight is 348 g/mol. The van der Waals surface area contributed by atoms with E-state index < -0.39 is 12.3 Å². The number of aromatic nitrogens is 2. The third-order valence-electron chi connectivity index (χ3n) is 5.00. The molecule has 1 aromatic heterocycles. The van der Waals surface area contributed by atoms with Gasteiger partial charge in [-0.25, -0.2) is 0 Å². The molecule has 2 aliphatic rings. The van der Waals surface area contributed by atoms with Crippen LogP contribution in [0.3, 0.4) is 0 Å². The maximum Gasteiger partial charge on any atom is 0.314 e. The number of alkyl halides is 2. The highest BCUT2D eigenvalue weighted by Crippen LogP contribution is 2.33. The number of carbonyl (C=O) groups is 1. The van der Waals surface area contributed by atoms with E-state index in [1.54, 1.807) is 12.1 Å². The molecule has 0 spiro atoms. The lowest BCUT2D eigenvalue weighted by molar-refractivity contribution is 0.0631. The largest absolute Gasteiger partial charge is 0.415 e. The van der Waals surface area contributed by atoms with Crippen molar-refractivity contribution in [3.05, 3.63) is 35.2 Å². The van der Waals surface area contributed by atoms with E-state index in [0.717, 1.165) is 31.2 Å². The predicted octanol–water partition coefficient (Wildman–Crippen LogP) is 2.90. The first kappa shape index (κ1) is 16.1. The van der Waals surface area contributed by atoms with E-state index in [0.29, 0.717) is 17.7 Å². The van der Waals surface area contributed by atoms with Gasteiger partial charge in [-0.2, -0.15) is 8.78 Å². The van der Waals surface area contributed by atoms with Crippen LogP contribution in [0, 0.1) is 0 Å². The minimum Gasteiger partial charge on any atom is -0.415 e. The van der Waals surface area contributed by atoms with Crippen molar-refractivity contribution in [2.45, 2.75) is 50.7 Å². The average Bonchev–Trinajstić information content (AvgIpc) is 3.21. The topological polar surface area (TPSA) is 85.2 Å². The Morgan fingerprint density at radius 1 is 1.24 bits per heavy atom. The van der Waals surface area contributed by atoms with Gasteiger partial charge >= 0.3 is 6.43 Å². The normalized spacial score (nSPS) is 23.4. The zero-order chi connectivity index (χ0) is 17.6. The number of benzene rings is 1. The minimum atomic E-state index is -2.82. The lowest BCUT2D eigenvalue weighted by atomic mass is 9.90. The molecule has 1 aliphatic heterocycles. The quantitative estimate of drug-likeness (QED) is 0.922. The summed E-state index contributed by atoms with van der Waals surface area (Å²) < 4.78 is 30.2. The Kier molecular flexibility index (Phi) is 3.99. The number of halogens is 2. The SMILES string of the molecule is N[C@H]1CCCC[C@H]1N1Cc2ccc(-c3nnc(C(F)F)o3)cc2C1=O. The van der Waals surface area contributed by atoms with Gasteiger partial charge in [-0.15, -0.1) is 10.2 Å². The molecule has 2 aromatic rings. The molecule has 0 radical (unpaired) electrons. The Morgan fingerprint density at radius 3 is 2.76 bits per heavy atom. The van der Waals surface area contributed by atoms with Gasteiger partial charge in [0.2, 0.25) is 5.89 Å². The molecule has 1 amide bonds. The number of carbonyl (C=O) groups excluding carboxylic acids is 1. The van der Waals surface area contributed by atoms with Crippen molar-refractivity contribution >= 4 is 5.91 Å². The first-order valence-corrected chi connectivity index (χ1v) is 8.36. The fourth-order valence-electron chi connectivity index (χ4n) is 3.69. The summed E-state index contributed by atoms with van der Waals surface area (Å²) >= 11 is 0. The van der Waals surface area contributed by atoms with Crippen molar-refractivity contribution in [1.82, 2.24) is 15.1 Å². The van der Waals surface area contributed by atoms with Gasteiger partial charge in [0.05, 0.1) is 0 Å². The summed E-state index contributed by atoms with van der Waals surface area (Å²) in [5.74, 6) is -0.817. The molecule has 0 bridgehead atoms. The van der Waals surface area contributed by atoms with Gasteiger partial charge in [-0.1, -0.05) is 18.9 Å². The van der Waals surface area contributed by atoms with Gasteiger partial charge in [0.1, 0.15) is 0 Å². The van der Waals surface area contributed by atoms with E-state index in [-0.39, 0.29) is 23.9 Å². The van der Waals surface area contributed by atoms with Gasteiger partial charge in [0.15, 0.2) is 0 Å². The highest BCUT2D eigenvalue weighted by atomic mass is 19.3. The molecule has 0 saturated heterocycles. The summed E-state index contributed by atoms with van der Waals surface area (Å²) in [5, 5.41) is 6.96. The Labute approximate surface area is 143 Å². The van der Waals surface area contributed by atoms with Gasteiger partial charge in [-0.3, -0.25) is 4.79 Å². The van der Waals surface area contributed by atoms with Crippen LogP contribution in [0.1, 0.15) is 53.9 Å². The molecular formula is C17H18F2N4O2. The summed E-state index contributed by atoms with van der Waals surface area (Å²) in [5.41, 5.74) is 8.12. The molecule has 1 fully saturated rings. The molecule has 6 nitrogen and oxygen atoms in total. The minimum absolute atomic E-state index is 0.00368. The van der Waals surface area contributed by atoms with Crippen LogP contribution in [0.15, 0.2) is 22.6 Å². The maximum atomic E-state index is 12.8. The number of hydrogen-bond acceptors (Lipinski definition) is 5. The molecule has 1 saturated carbocycles. The summed E-state index contributed by atoms with van der Waals surface area (Å²) in [6.07, 6.45) is 1.19. The highest BCUT2D eigenvalue weighted by molar-refractivity contribution is 5.99. The van der Waals surface area contributed by atoms with Crippen LogP contribution in [0.25, 0.3) is 11.5 Å². The van der Waals surface area contributed by atoms with E-state index in [1.807, 2.05) is 11.0 Å². The van der Waals surface area contributed by atoms with Crippen molar-refractivity contribution in [2.24, 2.45) is 5.73 Å². The van der Waals surface area contributed by atoms with E-state index >= 15 is 0 Å². The highest BCUT2D eigenvalue weighted by Gasteiger charge is 2.36. The number of amides is 1. The van der Waals surface area contributed by atoms with Crippen LogP contribution in [-0.4, -0.2) is 33.1 Å². The van der Waals surface area contributed by atoms with Crippen molar-refractivity contribution in [3.8, 4) is 11.5 Å². The van der Waals surface area contributed by atoms with Crippen LogP contribution in [0.2, 0.25) is 0 Å². The first-order valence-electron chi connectivity index (χ1n) is 8.36. The van der Waals surface area contributed by atoms with Crippen LogP contribution >= 0.6 is 0 Å². The second-order valence-electron chi connectivity index (χ2n) is 6.57. The predicted molar refractivity (Wildman–Crippen MR) is 84.8 cm³/mol. The monoisotopic (exact) mass is 348 g/mol. The van der Waals surface area contributed by atoms with Crippen molar-refractivity contribution in [1.29, 1.82) is 0 Å². The van der Waals surface area contributed by atoms with Crippen molar-refractivity contribution in [3.63, 3.8) is 0 Å². The van der Waals surface area contributed by atoms with E-state index in [1.165, 1.54) is 0 Å². The number of nitrogens with zero attached hydrogens (tertiary/aromatic N) is 3. The van der Waals surface area contributed by atoms with Gasteiger partial charge in [0.25, 0.3) is 11.8 Å². The summed E-state index contributed by atoms with van der Waals surface area (Å²) in [4.78, 5) is 14.7. The number of hydrogen-bond donors (Lipinski definition) is 1. The molecule has 25 heavy (non-hydrogen) atoms. The molecule has 0 unspecified atom stereocenters. The lowest BCUT2D eigenvalue weighted by Crippen LogP contribution is -2.49. The fourth-order valence-corrected chi connectivity index (χ4v) is 3.69. The second-order valence-corrected chi connectivity index (χ2v) is 6.57. The molecule has 2 atom stereocenters. The van der Waals surface area contributed by atoms with Crippen molar-refractivity contribution < 1.29 is 18.0 Å². The Balaban J connectivity index is 1.61. The molecule has 1 aliphatic carbocycles. The Hall–Kier alpha value is -2.35. The Morgan fingerprint density at radius 2 is 2.04 bits per heavy atom. The van der Waals surface area contributed by atoms with Gasteiger partial charge in [-0.05, 0) is 30.5 Å². The molecule has 8 heteroatoms. The summed E-state index contributed by atoms with van der Waals surface area (Å²) in [7, 11) is 0. The lowest BCUT2D eigenvalue weighted by Gasteiger charge is -2.35. The third-order valence-corrected chi connectivity index (χ3v) is 5.00. The molecule has 1 aromatic carbocycles. The van der Waals surface area contributed by atoms with E-state index in [9.17, 15) is 13.6 Å². The first-order chi connectivity index (χ1) is 12.0. The molecule has 2 N–H and O–H groups in total. The molecule has 4 rings (SSSR count).